The van der Waals surface area contributed by atoms with Gasteiger partial charge in [0.05, 0.1) is 13.3 Å². The van der Waals surface area contributed by atoms with E-state index in [2.05, 4.69) is 15.5 Å². The van der Waals surface area contributed by atoms with E-state index in [9.17, 15) is 4.79 Å². The summed E-state index contributed by atoms with van der Waals surface area (Å²) in [5.41, 5.74) is 0.866. The zero-order valence-corrected chi connectivity index (χ0v) is 10.8. The maximum Gasteiger partial charge on any atom is 0.263 e. The van der Waals surface area contributed by atoms with E-state index < -0.39 is 0 Å². The molecule has 6 nitrogen and oxygen atoms in total. The van der Waals surface area contributed by atoms with Crippen molar-refractivity contribution in [2.24, 2.45) is 0 Å². The number of methoxy groups -OCH3 is 1. The topological polar surface area (TPSA) is 76.2 Å². The van der Waals surface area contributed by atoms with Crippen LogP contribution < -0.4 is 14.8 Å². The lowest BCUT2D eigenvalue weighted by atomic mass is 10.3. The SMILES string of the molecule is COc1ccccc1OCC(=O)Nc1[nH]ncc1C. The Morgan fingerprint density at radius 3 is 2.74 bits per heavy atom. The van der Waals surface area contributed by atoms with Crippen molar-refractivity contribution in [1.82, 2.24) is 10.2 Å². The number of rotatable bonds is 5. The number of nitrogens with one attached hydrogen (secondary N) is 2. The first-order chi connectivity index (χ1) is 9.20. The summed E-state index contributed by atoms with van der Waals surface area (Å²) in [6, 6.07) is 7.16. The summed E-state index contributed by atoms with van der Waals surface area (Å²) in [7, 11) is 1.55. The zero-order valence-electron chi connectivity index (χ0n) is 10.8. The minimum atomic E-state index is -0.266. The number of carbonyl (C=O) groups is 1. The molecule has 19 heavy (non-hydrogen) atoms. The molecule has 1 amide bonds. The molecule has 1 aromatic carbocycles. The summed E-state index contributed by atoms with van der Waals surface area (Å²) in [5, 5.41) is 9.19. The number of aryl methyl sites for hydroxylation is 1. The van der Waals surface area contributed by atoms with E-state index in [1.54, 1.807) is 25.4 Å². The lowest BCUT2D eigenvalue weighted by molar-refractivity contribution is -0.118. The quantitative estimate of drug-likeness (QED) is 0.859. The maximum atomic E-state index is 11.7. The molecule has 1 aromatic heterocycles. The molecule has 0 radical (unpaired) electrons. The van der Waals surface area contributed by atoms with E-state index in [0.717, 1.165) is 5.56 Å². The van der Waals surface area contributed by atoms with Crippen LogP contribution in [-0.2, 0) is 4.79 Å². The monoisotopic (exact) mass is 261 g/mol. The first-order valence-corrected chi connectivity index (χ1v) is 5.76. The summed E-state index contributed by atoms with van der Waals surface area (Å²) in [4.78, 5) is 11.7. The average Bonchev–Trinajstić information content (AvgIpc) is 2.82. The third kappa shape index (κ3) is 3.25. The van der Waals surface area contributed by atoms with Crippen LogP contribution in [-0.4, -0.2) is 29.8 Å². The van der Waals surface area contributed by atoms with Gasteiger partial charge in [-0.1, -0.05) is 12.1 Å². The number of aromatic nitrogens is 2. The summed E-state index contributed by atoms with van der Waals surface area (Å²) < 4.78 is 10.5. The molecule has 0 spiro atoms. The highest BCUT2D eigenvalue weighted by Gasteiger charge is 2.09. The van der Waals surface area contributed by atoms with Gasteiger partial charge in [0.15, 0.2) is 18.1 Å². The third-order valence-electron chi connectivity index (χ3n) is 2.52. The molecule has 0 unspecified atom stereocenters. The number of hydrogen-bond donors (Lipinski definition) is 2. The Kier molecular flexibility index (Phi) is 4.02. The van der Waals surface area contributed by atoms with Gasteiger partial charge in [-0.25, -0.2) is 0 Å². The number of para-hydroxylation sites is 2. The smallest absolute Gasteiger partial charge is 0.263 e. The van der Waals surface area contributed by atoms with E-state index in [1.165, 1.54) is 0 Å². The van der Waals surface area contributed by atoms with Crippen LogP contribution in [0.2, 0.25) is 0 Å². The van der Waals surface area contributed by atoms with Crippen LogP contribution in [0.4, 0.5) is 5.82 Å². The molecule has 0 bridgehead atoms. The van der Waals surface area contributed by atoms with E-state index in [-0.39, 0.29) is 12.5 Å². The number of hydrogen-bond acceptors (Lipinski definition) is 4. The molecule has 1 heterocycles. The molecule has 0 saturated heterocycles. The van der Waals surface area contributed by atoms with Crippen molar-refractivity contribution >= 4 is 11.7 Å². The summed E-state index contributed by atoms with van der Waals surface area (Å²) in [6.07, 6.45) is 1.64. The van der Waals surface area contributed by atoms with E-state index >= 15 is 0 Å². The van der Waals surface area contributed by atoms with Crippen molar-refractivity contribution in [2.45, 2.75) is 6.92 Å². The Balaban J connectivity index is 1.92. The number of nitrogens with zero attached hydrogens (tertiary/aromatic N) is 1. The molecule has 0 aliphatic rings. The van der Waals surface area contributed by atoms with E-state index in [4.69, 9.17) is 9.47 Å². The lowest BCUT2D eigenvalue weighted by Gasteiger charge is -2.10. The summed E-state index contributed by atoms with van der Waals surface area (Å²) in [6.45, 7) is 1.75. The Morgan fingerprint density at radius 1 is 1.37 bits per heavy atom. The number of amides is 1. The van der Waals surface area contributed by atoms with Gasteiger partial charge in [0, 0.05) is 5.56 Å². The molecule has 0 atom stereocenters. The van der Waals surface area contributed by atoms with Gasteiger partial charge >= 0.3 is 0 Å². The van der Waals surface area contributed by atoms with Crippen LogP contribution in [0.25, 0.3) is 0 Å². The normalized spacial score (nSPS) is 10.0. The molecule has 100 valence electrons. The second-order valence-corrected chi connectivity index (χ2v) is 3.92. The molecule has 2 aromatic rings. The van der Waals surface area contributed by atoms with Crippen molar-refractivity contribution in [2.75, 3.05) is 19.0 Å². The molecule has 2 N–H and O–H groups in total. The molecule has 2 rings (SSSR count). The highest BCUT2D eigenvalue weighted by atomic mass is 16.5. The molecular formula is C13H15N3O3. The summed E-state index contributed by atoms with van der Waals surface area (Å²) >= 11 is 0. The minimum Gasteiger partial charge on any atom is -0.493 e. The minimum absolute atomic E-state index is 0.0984. The second-order valence-electron chi connectivity index (χ2n) is 3.92. The molecule has 6 heteroatoms. The number of carbonyl (C=O) groups excluding carboxylic acids is 1. The molecule has 0 aliphatic carbocycles. The highest BCUT2D eigenvalue weighted by Crippen LogP contribution is 2.25. The highest BCUT2D eigenvalue weighted by molar-refractivity contribution is 5.91. The predicted octanol–water partition coefficient (Wildman–Crippen LogP) is 1.74. The van der Waals surface area contributed by atoms with Crippen LogP contribution in [0.1, 0.15) is 5.56 Å². The molecule has 0 fully saturated rings. The fraction of sp³-hybridized carbons (Fsp3) is 0.231. The first-order valence-electron chi connectivity index (χ1n) is 5.76. The van der Waals surface area contributed by atoms with Gasteiger partial charge in [0.25, 0.3) is 5.91 Å². The van der Waals surface area contributed by atoms with Crippen LogP contribution in [0.3, 0.4) is 0 Å². The van der Waals surface area contributed by atoms with Gasteiger partial charge in [0.1, 0.15) is 5.82 Å². The van der Waals surface area contributed by atoms with Gasteiger partial charge < -0.3 is 14.8 Å². The Labute approximate surface area is 110 Å². The van der Waals surface area contributed by atoms with Crippen molar-refractivity contribution in [3.05, 3.63) is 36.0 Å². The number of ether oxygens (including phenoxy) is 2. The fourth-order valence-corrected chi connectivity index (χ4v) is 1.53. The summed E-state index contributed by atoms with van der Waals surface area (Å²) in [5.74, 6) is 1.43. The fourth-order valence-electron chi connectivity index (χ4n) is 1.53. The van der Waals surface area contributed by atoms with E-state index in [0.29, 0.717) is 17.3 Å². The largest absolute Gasteiger partial charge is 0.493 e. The van der Waals surface area contributed by atoms with Gasteiger partial charge in [-0.3, -0.25) is 9.89 Å². The Morgan fingerprint density at radius 2 is 2.11 bits per heavy atom. The first kappa shape index (κ1) is 12.9. The molecule has 0 saturated carbocycles. The Bertz CT molecular complexity index is 566. The van der Waals surface area contributed by atoms with Crippen molar-refractivity contribution < 1.29 is 14.3 Å². The molecule has 0 aliphatic heterocycles. The molecular weight excluding hydrogens is 246 g/mol. The third-order valence-corrected chi connectivity index (χ3v) is 2.52. The predicted molar refractivity (Wildman–Crippen MR) is 70.4 cm³/mol. The lowest BCUT2D eigenvalue weighted by Crippen LogP contribution is -2.21. The van der Waals surface area contributed by atoms with Crippen molar-refractivity contribution in [1.29, 1.82) is 0 Å². The van der Waals surface area contributed by atoms with Crippen LogP contribution in [0, 0.1) is 6.92 Å². The number of H-pyrrole nitrogens is 1. The van der Waals surface area contributed by atoms with E-state index in [1.807, 2.05) is 19.1 Å². The average molecular weight is 261 g/mol. The van der Waals surface area contributed by atoms with Gasteiger partial charge in [-0.2, -0.15) is 5.10 Å². The number of benzene rings is 1. The van der Waals surface area contributed by atoms with Crippen molar-refractivity contribution in [3.8, 4) is 11.5 Å². The van der Waals surface area contributed by atoms with Crippen molar-refractivity contribution in [3.63, 3.8) is 0 Å². The number of aromatic amines is 1. The van der Waals surface area contributed by atoms with Gasteiger partial charge in [-0.05, 0) is 19.1 Å². The van der Waals surface area contributed by atoms with Crippen LogP contribution in [0.5, 0.6) is 11.5 Å². The standard InChI is InChI=1S/C13H15N3O3/c1-9-7-14-16-13(9)15-12(17)8-19-11-6-4-3-5-10(11)18-2/h3-7H,8H2,1-2H3,(H2,14,15,16,17). The number of anilines is 1. The van der Waals surface area contributed by atoms with Gasteiger partial charge in [0.2, 0.25) is 0 Å². The Hall–Kier alpha value is -2.50. The van der Waals surface area contributed by atoms with Gasteiger partial charge in [-0.15, -0.1) is 0 Å². The zero-order chi connectivity index (χ0) is 13.7. The second kappa shape index (κ2) is 5.90. The maximum absolute atomic E-state index is 11.7. The van der Waals surface area contributed by atoms with Crippen LogP contribution >= 0.6 is 0 Å². The van der Waals surface area contributed by atoms with Crippen LogP contribution in [0.15, 0.2) is 30.5 Å².